The van der Waals surface area contributed by atoms with Gasteiger partial charge in [-0.2, -0.15) is 0 Å². The number of hydrogen-bond acceptors (Lipinski definition) is 4. The second-order valence-electron chi connectivity index (χ2n) is 7.47. The van der Waals surface area contributed by atoms with Crippen LogP contribution in [0.3, 0.4) is 0 Å². The van der Waals surface area contributed by atoms with Crippen molar-refractivity contribution < 1.29 is 19.1 Å². The van der Waals surface area contributed by atoms with Crippen LogP contribution in [-0.2, 0) is 17.8 Å². The van der Waals surface area contributed by atoms with Crippen molar-refractivity contribution in [2.45, 2.75) is 58.7 Å². The Labute approximate surface area is 160 Å². The summed E-state index contributed by atoms with van der Waals surface area (Å²) in [6.07, 6.45) is 4.22. The fourth-order valence-corrected chi connectivity index (χ4v) is 3.23. The number of carbonyl (C=O) groups excluding carboxylic acids is 2. The summed E-state index contributed by atoms with van der Waals surface area (Å²) in [6, 6.07) is 13.5. The predicted octanol–water partition coefficient (Wildman–Crippen LogP) is 4.92. The quantitative estimate of drug-likeness (QED) is 0.515. The van der Waals surface area contributed by atoms with Crippen molar-refractivity contribution in [2.24, 2.45) is 0 Å². The zero-order valence-electron chi connectivity index (χ0n) is 16.2. The Bertz CT molecular complexity index is 837. The van der Waals surface area contributed by atoms with Gasteiger partial charge in [0, 0.05) is 0 Å². The molecule has 0 saturated heterocycles. The van der Waals surface area contributed by atoms with E-state index in [1.807, 2.05) is 42.5 Å². The Balaban J connectivity index is 1.95. The molecule has 1 aliphatic heterocycles. The van der Waals surface area contributed by atoms with Crippen molar-refractivity contribution in [1.82, 2.24) is 0 Å². The van der Waals surface area contributed by atoms with Crippen LogP contribution in [0.1, 0.15) is 61.5 Å². The predicted molar refractivity (Wildman–Crippen MR) is 104 cm³/mol. The monoisotopic (exact) mass is 366 g/mol. The third kappa shape index (κ3) is 4.21. The lowest BCUT2D eigenvalue weighted by atomic mass is 9.90. The van der Waals surface area contributed by atoms with Gasteiger partial charge in [0.25, 0.3) is 0 Å². The first-order valence-corrected chi connectivity index (χ1v) is 9.54. The van der Waals surface area contributed by atoms with Gasteiger partial charge in [-0.3, -0.25) is 9.59 Å². The maximum Gasteiger partial charge on any atom is 0.246 e. The lowest BCUT2D eigenvalue weighted by molar-refractivity contribution is -0.128. The van der Waals surface area contributed by atoms with Crippen LogP contribution in [0.4, 0.5) is 0 Å². The first-order chi connectivity index (χ1) is 12.9. The van der Waals surface area contributed by atoms with E-state index in [2.05, 4.69) is 6.92 Å². The normalized spacial score (nSPS) is 15.2. The molecule has 0 radical (unpaired) electrons. The molecule has 0 aliphatic carbocycles. The fourth-order valence-electron chi connectivity index (χ4n) is 3.23. The van der Waals surface area contributed by atoms with Gasteiger partial charge in [-0.25, -0.2) is 0 Å². The van der Waals surface area contributed by atoms with Crippen molar-refractivity contribution in [3.63, 3.8) is 0 Å². The Morgan fingerprint density at radius 2 is 1.74 bits per heavy atom. The number of aryl methyl sites for hydroxylation is 1. The van der Waals surface area contributed by atoms with Gasteiger partial charge < -0.3 is 9.47 Å². The standard InChI is InChI=1S/C23H26O4/c1-4-5-7-12-17-13-18(26-15-16-10-8-6-9-11-16)20-19(14-17)27-23(2,3)22(25)21(20)24/h6,8-11,13-14H,4-5,7,12,15H2,1-3H3. The summed E-state index contributed by atoms with van der Waals surface area (Å²) in [5.74, 6) is -0.207. The van der Waals surface area contributed by atoms with E-state index in [1.165, 1.54) is 0 Å². The van der Waals surface area contributed by atoms with Crippen LogP contribution in [0.15, 0.2) is 42.5 Å². The summed E-state index contributed by atoms with van der Waals surface area (Å²) < 4.78 is 11.9. The van der Waals surface area contributed by atoms with Crippen LogP contribution < -0.4 is 9.47 Å². The Morgan fingerprint density at radius 3 is 2.44 bits per heavy atom. The van der Waals surface area contributed by atoms with Crippen LogP contribution in [0.2, 0.25) is 0 Å². The van der Waals surface area contributed by atoms with E-state index in [-0.39, 0.29) is 5.56 Å². The van der Waals surface area contributed by atoms with Crippen LogP contribution in [0.5, 0.6) is 11.5 Å². The van der Waals surface area contributed by atoms with Crippen molar-refractivity contribution in [3.05, 3.63) is 59.2 Å². The van der Waals surface area contributed by atoms with Gasteiger partial charge in [0.2, 0.25) is 11.6 Å². The summed E-state index contributed by atoms with van der Waals surface area (Å²) in [6.45, 7) is 5.75. The van der Waals surface area contributed by atoms with Gasteiger partial charge in [-0.1, -0.05) is 50.1 Å². The Hall–Kier alpha value is -2.62. The molecule has 0 amide bonds. The van der Waals surface area contributed by atoms with Gasteiger partial charge in [0.1, 0.15) is 23.7 Å². The Morgan fingerprint density at radius 1 is 1.00 bits per heavy atom. The highest BCUT2D eigenvalue weighted by molar-refractivity contribution is 6.48. The SMILES string of the molecule is CCCCCc1cc(OCc2ccccc2)c2c(c1)OC(C)(C)C(=O)C2=O. The topological polar surface area (TPSA) is 52.6 Å². The molecule has 0 N–H and O–H groups in total. The maximum absolute atomic E-state index is 12.7. The van der Waals surface area contributed by atoms with E-state index in [0.717, 1.165) is 36.8 Å². The van der Waals surface area contributed by atoms with Crippen molar-refractivity contribution in [1.29, 1.82) is 0 Å². The number of fused-ring (bicyclic) bond motifs is 1. The summed E-state index contributed by atoms with van der Waals surface area (Å²) in [7, 11) is 0. The van der Waals surface area contributed by atoms with Gasteiger partial charge >= 0.3 is 0 Å². The largest absolute Gasteiger partial charge is 0.488 e. The fraction of sp³-hybridized carbons (Fsp3) is 0.391. The number of unbranched alkanes of at least 4 members (excludes halogenated alkanes) is 2. The lowest BCUT2D eigenvalue weighted by Crippen LogP contribution is -2.46. The van der Waals surface area contributed by atoms with Crippen LogP contribution >= 0.6 is 0 Å². The number of carbonyl (C=O) groups is 2. The minimum Gasteiger partial charge on any atom is -0.488 e. The smallest absolute Gasteiger partial charge is 0.246 e. The molecule has 142 valence electrons. The molecule has 2 aromatic carbocycles. The molecule has 0 unspecified atom stereocenters. The molecule has 4 nitrogen and oxygen atoms in total. The van der Waals surface area contributed by atoms with Crippen molar-refractivity contribution in [3.8, 4) is 11.5 Å². The van der Waals surface area contributed by atoms with E-state index in [9.17, 15) is 9.59 Å². The molecule has 2 aromatic rings. The van der Waals surface area contributed by atoms with E-state index in [1.54, 1.807) is 13.8 Å². The average molecular weight is 366 g/mol. The highest BCUT2D eigenvalue weighted by Crippen LogP contribution is 2.39. The van der Waals surface area contributed by atoms with E-state index < -0.39 is 17.2 Å². The second-order valence-corrected chi connectivity index (χ2v) is 7.47. The molecule has 3 rings (SSSR count). The zero-order chi connectivity index (χ0) is 19.4. The van der Waals surface area contributed by atoms with E-state index in [0.29, 0.717) is 18.1 Å². The summed E-state index contributed by atoms with van der Waals surface area (Å²) in [4.78, 5) is 25.1. The lowest BCUT2D eigenvalue weighted by Gasteiger charge is -2.31. The minimum absolute atomic E-state index is 0.245. The maximum atomic E-state index is 12.7. The van der Waals surface area contributed by atoms with Gasteiger partial charge in [-0.05, 0) is 49.9 Å². The van der Waals surface area contributed by atoms with Gasteiger partial charge in [-0.15, -0.1) is 0 Å². The van der Waals surface area contributed by atoms with E-state index >= 15 is 0 Å². The van der Waals surface area contributed by atoms with Crippen molar-refractivity contribution >= 4 is 11.6 Å². The molecule has 27 heavy (non-hydrogen) atoms. The summed E-state index contributed by atoms with van der Waals surface area (Å²) >= 11 is 0. The van der Waals surface area contributed by atoms with Gasteiger partial charge in [0.15, 0.2) is 5.60 Å². The molecule has 0 bridgehead atoms. The van der Waals surface area contributed by atoms with Crippen LogP contribution in [0, 0.1) is 0 Å². The minimum atomic E-state index is -1.15. The number of ether oxygens (including phenoxy) is 2. The van der Waals surface area contributed by atoms with Crippen LogP contribution in [-0.4, -0.2) is 17.2 Å². The second kappa shape index (κ2) is 7.95. The highest BCUT2D eigenvalue weighted by Gasteiger charge is 2.43. The summed E-state index contributed by atoms with van der Waals surface area (Å²) in [5, 5.41) is 0. The number of ketones is 2. The first-order valence-electron chi connectivity index (χ1n) is 9.54. The number of benzene rings is 2. The molecular weight excluding hydrogens is 340 g/mol. The van der Waals surface area contributed by atoms with Crippen molar-refractivity contribution in [2.75, 3.05) is 0 Å². The first kappa shape index (κ1) is 19.2. The summed E-state index contributed by atoms with van der Waals surface area (Å²) in [5.41, 5.74) is 1.15. The number of rotatable bonds is 7. The van der Waals surface area contributed by atoms with Crippen LogP contribution in [0.25, 0.3) is 0 Å². The zero-order valence-corrected chi connectivity index (χ0v) is 16.2. The third-order valence-electron chi connectivity index (χ3n) is 4.78. The third-order valence-corrected chi connectivity index (χ3v) is 4.78. The molecule has 1 aliphatic rings. The average Bonchev–Trinajstić information content (AvgIpc) is 2.65. The number of hydrogen-bond donors (Lipinski definition) is 0. The number of Topliss-reactive ketones (excluding diaryl/α,β-unsaturated/α-hetero) is 2. The molecule has 0 fully saturated rings. The molecule has 0 aromatic heterocycles. The molecule has 1 heterocycles. The molecule has 0 atom stereocenters. The molecule has 0 spiro atoms. The molecular formula is C23H26O4. The molecule has 0 saturated carbocycles. The molecule has 4 heteroatoms. The highest BCUT2D eigenvalue weighted by atomic mass is 16.5. The Kier molecular flexibility index (Phi) is 5.64. The van der Waals surface area contributed by atoms with Gasteiger partial charge in [0.05, 0.1) is 0 Å². The van der Waals surface area contributed by atoms with E-state index in [4.69, 9.17) is 9.47 Å².